The van der Waals surface area contributed by atoms with Crippen LogP contribution >= 0.6 is 11.8 Å². The number of hydrogen-bond donors (Lipinski definition) is 2. The summed E-state index contributed by atoms with van der Waals surface area (Å²) in [6, 6.07) is 9.93. The first-order chi connectivity index (χ1) is 16.9. The number of benzene rings is 2. The van der Waals surface area contributed by atoms with Crippen molar-refractivity contribution in [2.75, 3.05) is 41.9 Å². The quantitative estimate of drug-likeness (QED) is 0.440. The lowest BCUT2D eigenvalue weighted by atomic mass is 10.1. The lowest BCUT2D eigenvalue weighted by Crippen LogP contribution is -2.44. The maximum absolute atomic E-state index is 14.1. The normalized spacial score (nSPS) is 16.7. The summed E-state index contributed by atoms with van der Waals surface area (Å²) in [7, 11) is 0. The number of piperazine rings is 1. The second-order valence-electron chi connectivity index (χ2n) is 8.48. The zero-order chi connectivity index (χ0) is 24.2. The van der Waals surface area contributed by atoms with Crippen molar-refractivity contribution in [1.29, 1.82) is 0 Å². The van der Waals surface area contributed by atoms with Gasteiger partial charge in [0.25, 0.3) is 5.56 Å². The van der Waals surface area contributed by atoms with Crippen molar-refractivity contribution in [1.82, 2.24) is 19.7 Å². The third-order valence-corrected chi connectivity index (χ3v) is 7.11. The summed E-state index contributed by atoms with van der Waals surface area (Å²) >= 11 is 1.66. The zero-order valence-electron chi connectivity index (χ0n) is 18.5. The van der Waals surface area contributed by atoms with Gasteiger partial charge >= 0.3 is 6.18 Å². The van der Waals surface area contributed by atoms with Gasteiger partial charge in [-0.2, -0.15) is 13.2 Å². The minimum atomic E-state index is -4.53. The number of halogens is 3. The summed E-state index contributed by atoms with van der Waals surface area (Å²) in [6.07, 6.45) is -1.16. The number of H-pyrrole nitrogens is 1. The molecule has 6 rings (SSSR count). The van der Waals surface area contributed by atoms with Crippen molar-refractivity contribution < 1.29 is 13.2 Å². The van der Waals surface area contributed by atoms with Crippen molar-refractivity contribution in [2.24, 2.45) is 0 Å². The van der Waals surface area contributed by atoms with Gasteiger partial charge in [-0.3, -0.25) is 9.20 Å². The van der Waals surface area contributed by atoms with Gasteiger partial charge in [0.1, 0.15) is 11.3 Å². The molecular formula is C24H21F3N6OS. The average Bonchev–Trinajstić information content (AvgIpc) is 3.55. The summed E-state index contributed by atoms with van der Waals surface area (Å²) in [4.78, 5) is 23.8. The van der Waals surface area contributed by atoms with Gasteiger partial charge in [-0.05, 0) is 41.8 Å². The standard InChI is InChI=1S/C24H21F3N6OS/c25-24(26,27)17-11-15(1-4-19(17)31-7-5-28-6-8-31)22-29-13-21-23(34)30-18-3-2-16(12-20(18)33(21)22)32-9-10-35-14-32/h1-4,9-13,28H,5-8,14H2,(H,30,34). The summed E-state index contributed by atoms with van der Waals surface area (Å²) in [5.74, 6) is 1.05. The lowest BCUT2D eigenvalue weighted by Gasteiger charge is -2.31. The lowest BCUT2D eigenvalue weighted by molar-refractivity contribution is -0.137. The van der Waals surface area contributed by atoms with Crippen molar-refractivity contribution >= 4 is 39.7 Å². The van der Waals surface area contributed by atoms with E-state index in [-0.39, 0.29) is 22.6 Å². The molecule has 1 saturated heterocycles. The fourth-order valence-corrected chi connectivity index (χ4v) is 5.38. The minimum absolute atomic E-state index is 0.159. The van der Waals surface area contributed by atoms with Gasteiger partial charge in [-0.15, -0.1) is 11.8 Å². The number of thioether (sulfide) groups is 1. The molecule has 0 aliphatic carbocycles. The molecule has 4 heterocycles. The van der Waals surface area contributed by atoms with Crippen LogP contribution in [0, 0.1) is 0 Å². The van der Waals surface area contributed by atoms with E-state index in [1.54, 1.807) is 33.2 Å². The fraction of sp³-hybridized carbons (Fsp3) is 0.250. The Morgan fingerprint density at radius 3 is 2.60 bits per heavy atom. The molecule has 0 amide bonds. The number of nitrogens with zero attached hydrogens (tertiary/aromatic N) is 4. The highest BCUT2D eigenvalue weighted by molar-refractivity contribution is 8.02. The molecule has 2 aromatic carbocycles. The molecule has 0 atom stereocenters. The Morgan fingerprint density at radius 1 is 1.03 bits per heavy atom. The van der Waals surface area contributed by atoms with E-state index in [1.807, 2.05) is 23.7 Å². The predicted octanol–water partition coefficient (Wildman–Crippen LogP) is 4.25. The Kier molecular flexibility index (Phi) is 5.26. The SMILES string of the molecule is O=c1[nH]c2ccc(N3C=CSC3)cc2n2c(-c3ccc(N4CCNCC4)c(C(F)(F)F)c3)ncc12. The minimum Gasteiger partial charge on any atom is -0.368 e. The molecule has 7 nitrogen and oxygen atoms in total. The molecule has 2 aliphatic heterocycles. The average molecular weight is 499 g/mol. The van der Waals surface area contributed by atoms with E-state index >= 15 is 0 Å². The molecule has 0 radical (unpaired) electrons. The number of rotatable bonds is 3. The number of aromatic amines is 1. The largest absolute Gasteiger partial charge is 0.418 e. The number of fused-ring (bicyclic) bond motifs is 3. The molecule has 0 bridgehead atoms. The van der Waals surface area contributed by atoms with Gasteiger partial charge in [-0.1, -0.05) is 0 Å². The Labute approximate surface area is 202 Å². The van der Waals surface area contributed by atoms with Crippen LogP contribution in [0.25, 0.3) is 27.9 Å². The zero-order valence-corrected chi connectivity index (χ0v) is 19.3. The van der Waals surface area contributed by atoms with Crippen LogP contribution < -0.4 is 20.7 Å². The van der Waals surface area contributed by atoms with Crippen LogP contribution in [0.4, 0.5) is 24.5 Å². The third kappa shape index (κ3) is 3.84. The maximum atomic E-state index is 14.1. The van der Waals surface area contributed by atoms with Crippen LogP contribution in [-0.4, -0.2) is 46.4 Å². The number of alkyl halides is 3. The monoisotopic (exact) mass is 498 g/mol. The van der Waals surface area contributed by atoms with E-state index in [1.165, 1.54) is 12.3 Å². The van der Waals surface area contributed by atoms with E-state index < -0.39 is 11.7 Å². The first kappa shape index (κ1) is 22.1. The van der Waals surface area contributed by atoms with Crippen molar-refractivity contribution in [3.63, 3.8) is 0 Å². The summed E-state index contributed by atoms with van der Waals surface area (Å²) < 4.78 is 44.1. The third-order valence-electron chi connectivity index (χ3n) is 6.37. The highest BCUT2D eigenvalue weighted by Gasteiger charge is 2.36. The van der Waals surface area contributed by atoms with Crippen molar-refractivity contribution in [3.8, 4) is 11.4 Å². The van der Waals surface area contributed by atoms with E-state index in [0.717, 1.165) is 17.6 Å². The number of anilines is 2. The summed E-state index contributed by atoms with van der Waals surface area (Å²) in [5.41, 5.74) is 1.82. The topological polar surface area (TPSA) is 68.7 Å². The smallest absolute Gasteiger partial charge is 0.368 e. The van der Waals surface area contributed by atoms with Gasteiger partial charge in [0.2, 0.25) is 0 Å². The van der Waals surface area contributed by atoms with Gasteiger partial charge in [-0.25, -0.2) is 4.98 Å². The Hall–Kier alpha value is -3.44. The molecule has 2 N–H and O–H groups in total. The van der Waals surface area contributed by atoms with Gasteiger partial charge < -0.3 is 20.1 Å². The van der Waals surface area contributed by atoms with Crippen LogP contribution in [0.1, 0.15) is 5.56 Å². The molecule has 2 aliphatic rings. The number of imidazole rings is 1. The molecular weight excluding hydrogens is 477 g/mol. The van der Waals surface area contributed by atoms with E-state index in [9.17, 15) is 18.0 Å². The molecule has 0 saturated carbocycles. The number of aromatic nitrogens is 3. The molecule has 1 fully saturated rings. The van der Waals surface area contributed by atoms with Crippen LogP contribution in [0.3, 0.4) is 0 Å². The van der Waals surface area contributed by atoms with Crippen LogP contribution in [0.15, 0.2) is 59.0 Å². The van der Waals surface area contributed by atoms with Crippen molar-refractivity contribution in [3.05, 3.63) is 70.1 Å². The van der Waals surface area contributed by atoms with Gasteiger partial charge in [0.05, 0.1) is 28.7 Å². The predicted molar refractivity (Wildman–Crippen MR) is 133 cm³/mol. The van der Waals surface area contributed by atoms with Gasteiger partial charge in [0.15, 0.2) is 0 Å². The van der Waals surface area contributed by atoms with Crippen LogP contribution in [-0.2, 0) is 6.18 Å². The van der Waals surface area contributed by atoms with Crippen molar-refractivity contribution in [2.45, 2.75) is 6.18 Å². The van der Waals surface area contributed by atoms with Crippen LogP contribution in [0.5, 0.6) is 0 Å². The molecule has 2 aromatic heterocycles. The highest BCUT2D eigenvalue weighted by Crippen LogP contribution is 2.39. The Bertz CT molecular complexity index is 1520. The number of nitrogens with one attached hydrogen (secondary N) is 2. The summed E-state index contributed by atoms with van der Waals surface area (Å²) in [5, 5.41) is 5.16. The molecule has 0 unspecified atom stereocenters. The number of hydrogen-bond acceptors (Lipinski definition) is 6. The Balaban J connectivity index is 1.55. The highest BCUT2D eigenvalue weighted by atomic mass is 32.2. The second kappa shape index (κ2) is 8.35. The van der Waals surface area contributed by atoms with E-state index in [2.05, 4.69) is 20.2 Å². The van der Waals surface area contributed by atoms with Crippen LogP contribution in [0.2, 0.25) is 0 Å². The summed E-state index contributed by atoms with van der Waals surface area (Å²) in [6.45, 7) is 2.26. The molecule has 4 aromatic rings. The van der Waals surface area contributed by atoms with E-state index in [4.69, 9.17) is 0 Å². The second-order valence-corrected chi connectivity index (χ2v) is 9.34. The molecule has 11 heteroatoms. The molecule has 35 heavy (non-hydrogen) atoms. The maximum Gasteiger partial charge on any atom is 0.418 e. The first-order valence-electron chi connectivity index (χ1n) is 11.2. The fourth-order valence-electron chi connectivity index (χ4n) is 4.66. The van der Waals surface area contributed by atoms with E-state index in [0.29, 0.717) is 42.8 Å². The molecule has 0 spiro atoms. The van der Waals surface area contributed by atoms with Gasteiger partial charge in [0, 0.05) is 49.3 Å². The molecule has 180 valence electrons. The Morgan fingerprint density at radius 2 is 1.86 bits per heavy atom. The first-order valence-corrected chi connectivity index (χ1v) is 12.2.